The van der Waals surface area contributed by atoms with Gasteiger partial charge in [0.25, 0.3) is 11.8 Å². The third-order valence-corrected chi connectivity index (χ3v) is 7.68. The largest absolute Gasteiger partial charge is 0.454 e. The molecule has 2 aliphatic heterocycles. The highest BCUT2D eigenvalue weighted by Crippen LogP contribution is 2.39. The van der Waals surface area contributed by atoms with Crippen molar-refractivity contribution < 1.29 is 19.1 Å². The monoisotopic (exact) mass is 540 g/mol. The average molecular weight is 542 g/mol. The van der Waals surface area contributed by atoms with Gasteiger partial charge in [-0.15, -0.1) is 0 Å². The summed E-state index contributed by atoms with van der Waals surface area (Å²) in [5.74, 6) is 0.370. The lowest BCUT2D eigenvalue weighted by molar-refractivity contribution is -0.130. The van der Waals surface area contributed by atoms with Crippen molar-refractivity contribution in [1.82, 2.24) is 20.0 Å². The Balaban J connectivity index is 1.49. The maximum atomic E-state index is 13.7. The smallest absolute Gasteiger partial charge is 0.274 e. The SMILES string of the molecule is CC(Cl)(Cl)c1cc2n(n1)CC(Cl)(C(=O)NC1CCCCCC1)N(Cc1ccc3c(c1)OCO3)C2=O. The fraction of sp³-hybridized carbons (Fsp3) is 0.542. The first-order valence-corrected chi connectivity index (χ1v) is 12.9. The number of alkyl halides is 3. The highest BCUT2D eigenvalue weighted by Gasteiger charge is 2.51. The Morgan fingerprint density at radius 2 is 1.89 bits per heavy atom. The van der Waals surface area contributed by atoms with Gasteiger partial charge in [0.1, 0.15) is 5.69 Å². The Morgan fingerprint density at radius 3 is 2.60 bits per heavy atom. The molecule has 1 fully saturated rings. The predicted octanol–water partition coefficient (Wildman–Crippen LogP) is 4.69. The second-order valence-corrected chi connectivity index (χ2v) is 11.8. The maximum absolute atomic E-state index is 13.7. The van der Waals surface area contributed by atoms with E-state index in [1.54, 1.807) is 25.1 Å². The molecule has 3 heterocycles. The second kappa shape index (κ2) is 9.37. The number of aromatic nitrogens is 2. The van der Waals surface area contributed by atoms with E-state index in [0.717, 1.165) is 44.1 Å². The molecule has 1 aliphatic carbocycles. The number of rotatable bonds is 5. The molecule has 1 atom stereocenters. The average Bonchev–Trinajstić information content (AvgIpc) is 3.37. The molecular formula is C24H27Cl3N4O4. The van der Waals surface area contributed by atoms with Crippen LogP contribution in [0.2, 0.25) is 0 Å². The zero-order chi connectivity index (χ0) is 24.8. The van der Waals surface area contributed by atoms with Gasteiger partial charge in [0.05, 0.1) is 12.2 Å². The first-order chi connectivity index (χ1) is 16.6. The quantitative estimate of drug-likeness (QED) is 0.337. The van der Waals surface area contributed by atoms with Crippen molar-refractivity contribution in [2.75, 3.05) is 6.79 Å². The topological polar surface area (TPSA) is 85.7 Å². The van der Waals surface area contributed by atoms with Crippen LogP contribution < -0.4 is 14.8 Å². The summed E-state index contributed by atoms with van der Waals surface area (Å²) >= 11 is 19.6. The molecular weight excluding hydrogens is 515 g/mol. The molecule has 1 N–H and O–H groups in total. The summed E-state index contributed by atoms with van der Waals surface area (Å²) in [6, 6.07) is 6.97. The summed E-state index contributed by atoms with van der Waals surface area (Å²) in [5.41, 5.74) is 1.34. The molecule has 0 saturated heterocycles. The van der Waals surface area contributed by atoms with Gasteiger partial charge in [0.15, 0.2) is 15.8 Å². The fourth-order valence-electron chi connectivity index (χ4n) is 4.84. The van der Waals surface area contributed by atoms with Crippen LogP contribution in [0.3, 0.4) is 0 Å². The van der Waals surface area contributed by atoms with Gasteiger partial charge in [-0.05, 0) is 43.5 Å². The molecule has 0 radical (unpaired) electrons. The van der Waals surface area contributed by atoms with Crippen molar-refractivity contribution in [3.63, 3.8) is 0 Å². The molecule has 1 unspecified atom stereocenters. The van der Waals surface area contributed by atoms with Crippen molar-refractivity contribution in [2.24, 2.45) is 0 Å². The van der Waals surface area contributed by atoms with Crippen molar-refractivity contribution in [1.29, 1.82) is 0 Å². The van der Waals surface area contributed by atoms with Crippen LogP contribution in [0.25, 0.3) is 0 Å². The van der Waals surface area contributed by atoms with E-state index in [2.05, 4.69) is 10.4 Å². The first kappa shape index (κ1) is 24.5. The van der Waals surface area contributed by atoms with Gasteiger partial charge in [0, 0.05) is 12.6 Å². The molecule has 8 nitrogen and oxygen atoms in total. The molecule has 1 aromatic heterocycles. The molecule has 1 saturated carbocycles. The Bertz CT molecular complexity index is 1140. The summed E-state index contributed by atoms with van der Waals surface area (Å²) in [6.07, 6.45) is 6.20. The van der Waals surface area contributed by atoms with Gasteiger partial charge in [-0.2, -0.15) is 5.10 Å². The van der Waals surface area contributed by atoms with Crippen molar-refractivity contribution in [3.05, 3.63) is 41.2 Å². The number of nitrogens with one attached hydrogen (secondary N) is 1. The van der Waals surface area contributed by atoms with Gasteiger partial charge in [-0.3, -0.25) is 14.3 Å². The number of fused-ring (bicyclic) bond motifs is 2. The lowest BCUT2D eigenvalue weighted by Crippen LogP contribution is -2.63. The fourth-order valence-corrected chi connectivity index (χ4v) is 5.33. The van der Waals surface area contributed by atoms with Gasteiger partial charge in [-0.25, -0.2) is 0 Å². The first-order valence-electron chi connectivity index (χ1n) is 11.8. The third-order valence-electron chi connectivity index (χ3n) is 6.80. The number of hydrogen-bond acceptors (Lipinski definition) is 5. The van der Waals surface area contributed by atoms with Crippen LogP contribution in [0.4, 0.5) is 0 Å². The Kier molecular flexibility index (Phi) is 6.57. The summed E-state index contributed by atoms with van der Waals surface area (Å²) in [4.78, 5) is 27.1. The molecule has 5 rings (SSSR count). The number of hydrogen-bond donors (Lipinski definition) is 1. The highest BCUT2D eigenvalue weighted by molar-refractivity contribution is 6.47. The third kappa shape index (κ3) is 4.80. The van der Waals surface area contributed by atoms with Crippen LogP contribution in [-0.4, -0.2) is 44.3 Å². The second-order valence-electron chi connectivity index (χ2n) is 9.46. The minimum Gasteiger partial charge on any atom is -0.454 e. The van der Waals surface area contributed by atoms with Crippen molar-refractivity contribution in [3.8, 4) is 11.5 Å². The van der Waals surface area contributed by atoms with Crippen LogP contribution in [0, 0.1) is 0 Å². The minimum absolute atomic E-state index is 0.0201. The molecule has 35 heavy (non-hydrogen) atoms. The van der Waals surface area contributed by atoms with Crippen molar-refractivity contribution >= 4 is 46.6 Å². The number of amides is 2. The summed E-state index contributed by atoms with van der Waals surface area (Å²) in [6.45, 7) is 1.77. The molecule has 1 aromatic carbocycles. The number of ether oxygens (including phenoxy) is 2. The van der Waals surface area contributed by atoms with E-state index >= 15 is 0 Å². The maximum Gasteiger partial charge on any atom is 0.274 e. The van der Waals surface area contributed by atoms with Gasteiger partial charge < -0.3 is 19.7 Å². The summed E-state index contributed by atoms with van der Waals surface area (Å²) in [7, 11) is 0. The van der Waals surface area contributed by atoms with Crippen LogP contribution in [-0.2, 0) is 22.2 Å². The molecule has 0 bridgehead atoms. The van der Waals surface area contributed by atoms with E-state index in [4.69, 9.17) is 44.3 Å². The Morgan fingerprint density at radius 1 is 1.17 bits per heavy atom. The van der Waals surface area contributed by atoms with E-state index in [0.29, 0.717) is 17.2 Å². The van der Waals surface area contributed by atoms with Crippen LogP contribution in [0.15, 0.2) is 24.3 Å². The van der Waals surface area contributed by atoms with Crippen LogP contribution >= 0.6 is 34.8 Å². The molecule has 2 aromatic rings. The normalized spacial score (nSPS) is 22.6. The highest BCUT2D eigenvalue weighted by atomic mass is 35.5. The molecule has 188 valence electrons. The zero-order valence-electron chi connectivity index (χ0n) is 19.4. The van der Waals surface area contributed by atoms with Crippen molar-refractivity contribution in [2.45, 2.75) is 73.9 Å². The number of benzene rings is 1. The van der Waals surface area contributed by atoms with Crippen LogP contribution in [0.5, 0.6) is 11.5 Å². The van der Waals surface area contributed by atoms with E-state index in [1.807, 2.05) is 6.07 Å². The predicted molar refractivity (Wildman–Crippen MR) is 132 cm³/mol. The summed E-state index contributed by atoms with van der Waals surface area (Å²) < 4.78 is 11.0. The lowest BCUT2D eigenvalue weighted by atomic mass is 10.0. The molecule has 0 spiro atoms. The minimum atomic E-state index is -1.69. The number of carbonyl (C=O) groups is 2. The van der Waals surface area contributed by atoms with E-state index in [-0.39, 0.29) is 31.6 Å². The number of nitrogens with zero attached hydrogens (tertiary/aromatic N) is 3. The molecule has 11 heteroatoms. The van der Waals surface area contributed by atoms with E-state index < -0.39 is 21.1 Å². The number of carbonyl (C=O) groups excluding carboxylic acids is 2. The Hall–Kier alpha value is -2.16. The number of halogens is 3. The zero-order valence-corrected chi connectivity index (χ0v) is 21.6. The van der Waals surface area contributed by atoms with Gasteiger partial charge >= 0.3 is 0 Å². The molecule has 2 amide bonds. The lowest BCUT2D eigenvalue weighted by Gasteiger charge is -2.41. The van der Waals surface area contributed by atoms with Gasteiger partial charge in [0.2, 0.25) is 11.8 Å². The molecule has 3 aliphatic rings. The van der Waals surface area contributed by atoms with Crippen LogP contribution in [0.1, 0.15) is 67.2 Å². The summed E-state index contributed by atoms with van der Waals surface area (Å²) in [5, 5.41) is 7.52. The van der Waals surface area contributed by atoms with E-state index in [9.17, 15) is 9.59 Å². The van der Waals surface area contributed by atoms with Gasteiger partial charge in [-0.1, -0.05) is 66.6 Å². The Labute approximate surface area is 218 Å². The van der Waals surface area contributed by atoms with E-state index in [1.165, 1.54) is 9.58 Å². The standard InChI is InChI=1S/C24H27Cl3N4O4/c1-23(25,26)20-11-17-21(32)30(12-15-8-9-18-19(10-15)35-14-34-18)24(27,13-31(17)29-20)22(33)28-16-6-4-2-3-5-7-16/h8-11,16H,2-7,12-14H2,1H3,(H,28,33).